The van der Waals surface area contributed by atoms with Gasteiger partial charge in [0.15, 0.2) is 5.78 Å². The molecule has 0 radical (unpaired) electrons. The van der Waals surface area contributed by atoms with E-state index < -0.39 is 35.0 Å². The number of carbonyl (C=O) groups excluding carboxylic acids is 1. The van der Waals surface area contributed by atoms with Crippen LogP contribution in [0.1, 0.15) is 29.0 Å². The number of nitrogens with zero attached hydrogens (tertiary/aromatic N) is 3. The zero-order chi connectivity index (χ0) is 15.7. The molecular formula is C13H13N3O5. The zero-order valence-corrected chi connectivity index (χ0v) is 11.5. The lowest BCUT2D eigenvalue weighted by Gasteiger charge is -2.10. The van der Waals surface area contributed by atoms with E-state index in [1.807, 2.05) is 0 Å². The molecule has 21 heavy (non-hydrogen) atoms. The third kappa shape index (κ3) is 2.60. The van der Waals surface area contributed by atoms with E-state index in [2.05, 4.69) is 9.97 Å². The Morgan fingerprint density at radius 2 is 2.00 bits per heavy atom. The van der Waals surface area contributed by atoms with Gasteiger partial charge in [-0.1, -0.05) is 0 Å². The first-order chi connectivity index (χ1) is 9.82. The number of pyridine rings is 1. The fourth-order valence-electron chi connectivity index (χ4n) is 1.98. The number of hydrogen-bond donors (Lipinski definition) is 2. The molecule has 0 aliphatic heterocycles. The van der Waals surface area contributed by atoms with Crippen LogP contribution >= 0.6 is 0 Å². The average Bonchev–Trinajstić information content (AvgIpc) is 2.42. The largest absolute Gasteiger partial charge is 0.506 e. The Balaban J connectivity index is 2.65. The normalized spacial score (nSPS) is 10.8. The van der Waals surface area contributed by atoms with Gasteiger partial charge in [-0.3, -0.25) is 19.0 Å². The Bertz CT molecular complexity index is 810. The fraction of sp³-hybridized carbons (Fsp3) is 0.308. The van der Waals surface area contributed by atoms with Gasteiger partial charge >= 0.3 is 5.97 Å². The van der Waals surface area contributed by atoms with Crippen LogP contribution in [0.25, 0.3) is 11.0 Å². The van der Waals surface area contributed by atoms with Crippen molar-refractivity contribution in [3.63, 3.8) is 0 Å². The summed E-state index contributed by atoms with van der Waals surface area (Å²) in [6.07, 6.45) is 0.542. The summed E-state index contributed by atoms with van der Waals surface area (Å²) in [5.74, 6) is -1.97. The molecule has 0 amide bonds. The first kappa shape index (κ1) is 14.6. The molecule has 2 aromatic heterocycles. The first-order valence-electron chi connectivity index (χ1n) is 6.13. The summed E-state index contributed by atoms with van der Waals surface area (Å²) in [7, 11) is 1.42. The molecule has 110 valence electrons. The van der Waals surface area contributed by atoms with Gasteiger partial charge in [0.1, 0.15) is 22.8 Å². The molecule has 0 fully saturated rings. The van der Waals surface area contributed by atoms with E-state index in [9.17, 15) is 19.5 Å². The van der Waals surface area contributed by atoms with E-state index in [4.69, 9.17) is 5.11 Å². The number of hydrogen-bond acceptors (Lipinski definition) is 6. The van der Waals surface area contributed by atoms with Crippen LogP contribution < -0.4 is 5.56 Å². The van der Waals surface area contributed by atoms with E-state index in [0.717, 1.165) is 4.57 Å². The highest BCUT2D eigenvalue weighted by Crippen LogP contribution is 2.25. The molecule has 2 N–H and O–H groups in total. The third-order valence-electron chi connectivity index (χ3n) is 3.06. The molecule has 0 spiro atoms. The molecular weight excluding hydrogens is 278 g/mol. The number of carbonyl (C=O) groups is 2. The van der Waals surface area contributed by atoms with Gasteiger partial charge in [-0.2, -0.15) is 0 Å². The second-order valence-corrected chi connectivity index (χ2v) is 4.56. The molecule has 0 aromatic carbocycles. The van der Waals surface area contributed by atoms with Crippen LogP contribution in [0.5, 0.6) is 5.75 Å². The minimum absolute atomic E-state index is 0.168. The standard InChI is InChI=1S/C13H13N3O5/c1-6-14-5-7-11(20)10(8(17)3-4-9(18)19)13(21)16(2)12(7)15-6/h5,20H,3-4H2,1-2H3,(H,18,19). The van der Waals surface area contributed by atoms with E-state index >= 15 is 0 Å². The average molecular weight is 291 g/mol. The number of aryl methyl sites for hydroxylation is 2. The maximum Gasteiger partial charge on any atom is 0.303 e. The predicted molar refractivity (Wildman–Crippen MR) is 72.4 cm³/mol. The molecule has 0 saturated heterocycles. The molecule has 0 aliphatic carbocycles. The molecule has 8 heteroatoms. The summed E-state index contributed by atoms with van der Waals surface area (Å²) in [6.45, 7) is 1.63. The first-order valence-corrected chi connectivity index (χ1v) is 6.13. The molecule has 0 saturated carbocycles. The van der Waals surface area contributed by atoms with Crippen molar-refractivity contribution in [3.05, 3.63) is 27.9 Å². The number of aliphatic carboxylic acids is 1. The number of rotatable bonds is 4. The van der Waals surface area contributed by atoms with Crippen LogP contribution in [0.2, 0.25) is 0 Å². The minimum atomic E-state index is -1.15. The lowest BCUT2D eigenvalue weighted by molar-refractivity contribution is -0.136. The Morgan fingerprint density at radius 3 is 2.62 bits per heavy atom. The Kier molecular flexibility index (Phi) is 3.70. The van der Waals surface area contributed by atoms with Gasteiger partial charge in [0.25, 0.3) is 5.56 Å². The van der Waals surface area contributed by atoms with Crippen LogP contribution in [0.4, 0.5) is 0 Å². The Hall–Kier alpha value is -2.77. The van der Waals surface area contributed by atoms with Crippen molar-refractivity contribution in [1.29, 1.82) is 0 Å². The van der Waals surface area contributed by atoms with Crippen LogP contribution in [0.3, 0.4) is 0 Å². The number of ketones is 1. The van der Waals surface area contributed by atoms with Crippen molar-refractivity contribution >= 4 is 22.8 Å². The van der Waals surface area contributed by atoms with Gasteiger partial charge in [-0.05, 0) is 6.92 Å². The van der Waals surface area contributed by atoms with Crippen molar-refractivity contribution in [2.45, 2.75) is 19.8 Å². The number of carboxylic acids is 1. The van der Waals surface area contributed by atoms with Gasteiger partial charge in [-0.15, -0.1) is 0 Å². The van der Waals surface area contributed by atoms with Crippen molar-refractivity contribution in [3.8, 4) is 5.75 Å². The monoisotopic (exact) mass is 291 g/mol. The highest BCUT2D eigenvalue weighted by molar-refractivity contribution is 6.03. The number of carboxylic acid groups (broad SMARTS) is 1. The van der Waals surface area contributed by atoms with Crippen LogP contribution in [-0.4, -0.2) is 36.5 Å². The molecule has 0 aliphatic rings. The predicted octanol–water partition coefficient (Wildman–Crippen LogP) is 0.390. The molecule has 2 aromatic rings. The van der Waals surface area contributed by atoms with E-state index in [1.165, 1.54) is 13.2 Å². The smallest absolute Gasteiger partial charge is 0.303 e. The van der Waals surface area contributed by atoms with Gasteiger partial charge in [0.05, 0.1) is 11.8 Å². The topological polar surface area (TPSA) is 122 Å². The third-order valence-corrected chi connectivity index (χ3v) is 3.06. The lowest BCUT2D eigenvalue weighted by atomic mass is 10.1. The van der Waals surface area contributed by atoms with Gasteiger partial charge in [-0.25, -0.2) is 9.97 Å². The molecule has 2 heterocycles. The quantitative estimate of drug-likeness (QED) is 0.781. The Labute approximate surface area is 118 Å². The van der Waals surface area contributed by atoms with Gasteiger partial charge in [0.2, 0.25) is 0 Å². The summed E-state index contributed by atoms with van der Waals surface area (Å²) in [5, 5.41) is 18.9. The van der Waals surface area contributed by atoms with Crippen LogP contribution in [-0.2, 0) is 11.8 Å². The molecule has 0 atom stereocenters. The molecule has 2 rings (SSSR count). The number of aromatic nitrogens is 3. The maximum absolute atomic E-state index is 12.2. The highest BCUT2D eigenvalue weighted by atomic mass is 16.4. The Morgan fingerprint density at radius 1 is 1.33 bits per heavy atom. The maximum atomic E-state index is 12.2. The lowest BCUT2D eigenvalue weighted by Crippen LogP contribution is -2.26. The summed E-state index contributed by atoms with van der Waals surface area (Å²) in [5.41, 5.74) is -0.938. The summed E-state index contributed by atoms with van der Waals surface area (Å²) in [6, 6.07) is 0. The van der Waals surface area contributed by atoms with Gasteiger partial charge in [0, 0.05) is 19.7 Å². The van der Waals surface area contributed by atoms with Crippen LogP contribution in [0, 0.1) is 6.92 Å². The van der Waals surface area contributed by atoms with E-state index in [0.29, 0.717) is 5.82 Å². The van der Waals surface area contributed by atoms with Crippen molar-refractivity contribution in [2.24, 2.45) is 7.05 Å². The second-order valence-electron chi connectivity index (χ2n) is 4.56. The van der Waals surface area contributed by atoms with Crippen molar-refractivity contribution < 1.29 is 19.8 Å². The number of aromatic hydroxyl groups is 1. The fourth-order valence-corrected chi connectivity index (χ4v) is 1.98. The summed E-state index contributed by atoms with van der Waals surface area (Å²) in [4.78, 5) is 42.6. The molecule has 0 unspecified atom stereocenters. The second kappa shape index (κ2) is 5.31. The van der Waals surface area contributed by atoms with Crippen LogP contribution in [0.15, 0.2) is 11.0 Å². The number of fused-ring (bicyclic) bond motifs is 1. The number of Topliss-reactive ketones (excluding diaryl/α,β-unsaturated/α-hetero) is 1. The van der Waals surface area contributed by atoms with Crippen molar-refractivity contribution in [2.75, 3.05) is 0 Å². The summed E-state index contributed by atoms with van der Waals surface area (Å²) < 4.78 is 1.14. The molecule has 0 bridgehead atoms. The minimum Gasteiger partial charge on any atom is -0.506 e. The van der Waals surface area contributed by atoms with E-state index in [-0.39, 0.29) is 17.5 Å². The zero-order valence-electron chi connectivity index (χ0n) is 11.5. The van der Waals surface area contributed by atoms with Crippen molar-refractivity contribution in [1.82, 2.24) is 14.5 Å². The highest BCUT2D eigenvalue weighted by Gasteiger charge is 2.22. The summed E-state index contributed by atoms with van der Waals surface area (Å²) >= 11 is 0. The van der Waals surface area contributed by atoms with E-state index in [1.54, 1.807) is 6.92 Å². The molecule has 8 nitrogen and oxygen atoms in total. The SMILES string of the molecule is Cc1ncc2c(O)c(C(=O)CCC(=O)O)c(=O)n(C)c2n1. The van der Waals surface area contributed by atoms with Gasteiger partial charge < -0.3 is 10.2 Å².